The molecule has 17 heavy (non-hydrogen) atoms. The van der Waals surface area contributed by atoms with E-state index in [2.05, 4.69) is 29.3 Å². The molecule has 5 nitrogen and oxygen atoms in total. The van der Waals surface area contributed by atoms with E-state index >= 15 is 0 Å². The zero-order valence-corrected chi connectivity index (χ0v) is 11.0. The van der Waals surface area contributed by atoms with Crippen LogP contribution in [0.15, 0.2) is 5.16 Å². The highest BCUT2D eigenvalue weighted by molar-refractivity contribution is 5.79. The molecule has 0 spiro atoms. The Hall–Kier alpha value is -0.810. The molecule has 100 valence electrons. The van der Waals surface area contributed by atoms with Gasteiger partial charge < -0.3 is 16.3 Å². The maximum atomic E-state index is 8.37. The van der Waals surface area contributed by atoms with E-state index in [1.54, 1.807) is 0 Å². The van der Waals surface area contributed by atoms with Crippen LogP contribution >= 0.6 is 0 Å². The van der Waals surface area contributed by atoms with Crippen molar-refractivity contribution in [1.29, 1.82) is 0 Å². The van der Waals surface area contributed by atoms with Gasteiger partial charge >= 0.3 is 0 Å². The summed E-state index contributed by atoms with van der Waals surface area (Å²) in [5.74, 6) is 0.326. The summed E-state index contributed by atoms with van der Waals surface area (Å²) < 4.78 is 0. The van der Waals surface area contributed by atoms with E-state index in [1.807, 2.05) is 0 Å². The molecule has 0 heterocycles. The van der Waals surface area contributed by atoms with Crippen LogP contribution in [0.2, 0.25) is 0 Å². The maximum Gasteiger partial charge on any atom is 0.139 e. The Morgan fingerprint density at radius 3 is 2.82 bits per heavy atom. The second-order valence-electron chi connectivity index (χ2n) is 5.00. The Labute approximate surface area is 104 Å². The molecule has 0 aromatic heterocycles. The van der Waals surface area contributed by atoms with Crippen molar-refractivity contribution in [3.63, 3.8) is 0 Å². The summed E-state index contributed by atoms with van der Waals surface area (Å²) >= 11 is 0. The lowest BCUT2D eigenvalue weighted by Gasteiger charge is -2.24. The van der Waals surface area contributed by atoms with E-state index in [0.717, 1.165) is 32.0 Å². The van der Waals surface area contributed by atoms with E-state index in [9.17, 15) is 0 Å². The van der Waals surface area contributed by atoms with Crippen LogP contribution in [0.1, 0.15) is 39.0 Å². The Morgan fingerprint density at radius 2 is 2.24 bits per heavy atom. The molecule has 1 rings (SSSR count). The van der Waals surface area contributed by atoms with Gasteiger partial charge in [-0.05, 0) is 46.2 Å². The molecule has 1 fully saturated rings. The van der Waals surface area contributed by atoms with Gasteiger partial charge in [-0.15, -0.1) is 0 Å². The van der Waals surface area contributed by atoms with Crippen molar-refractivity contribution >= 4 is 5.84 Å². The molecule has 0 radical (unpaired) electrons. The van der Waals surface area contributed by atoms with E-state index in [0.29, 0.717) is 18.3 Å². The number of hydrogen-bond donors (Lipinski definition) is 3. The molecule has 0 aromatic rings. The monoisotopic (exact) mass is 242 g/mol. The first-order chi connectivity index (χ1) is 8.15. The third kappa shape index (κ3) is 5.89. The van der Waals surface area contributed by atoms with Crippen LogP contribution in [0.25, 0.3) is 0 Å². The molecule has 0 saturated heterocycles. The van der Waals surface area contributed by atoms with E-state index in [4.69, 9.17) is 10.9 Å². The van der Waals surface area contributed by atoms with Crippen molar-refractivity contribution in [3.8, 4) is 0 Å². The average Bonchev–Trinajstić information content (AvgIpc) is 3.15. The lowest BCUT2D eigenvalue weighted by molar-refractivity contribution is 0.241. The smallest absolute Gasteiger partial charge is 0.139 e. The van der Waals surface area contributed by atoms with E-state index in [-0.39, 0.29) is 0 Å². The highest BCUT2D eigenvalue weighted by Crippen LogP contribution is 2.26. The molecule has 1 atom stereocenters. The summed E-state index contributed by atoms with van der Waals surface area (Å²) in [6.45, 7) is 4.31. The molecule has 1 unspecified atom stereocenters. The topological polar surface area (TPSA) is 73.9 Å². The summed E-state index contributed by atoms with van der Waals surface area (Å²) in [7, 11) is 2.21. The normalized spacial score (nSPS) is 18.6. The van der Waals surface area contributed by atoms with Crippen LogP contribution in [-0.4, -0.2) is 48.2 Å². The Morgan fingerprint density at radius 1 is 1.53 bits per heavy atom. The number of unbranched alkanes of at least 4 members (excludes halogenated alkanes) is 1. The zero-order valence-electron chi connectivity index (χ0n) is 11.0. The first kappa shape index (κ1) is 14.3. The summed E-state index contributed by atoms with van der Waals surface area (Å²) in [6.07, 6.45) is 5.43. The molecule has 0 amide bonds. The number of hydrogen-bond acceptors (Lipinski definition) is 4. The molecule has 0 bridgehead atoms. The zero-order chi connectivity index (χ0) is 12.7. The van der Waals surface area contributed by atoms with Crippen molar-refractivity contribution in [3.05, 3.63) is 0 Å². The standard InChI is InChI=1S/C12H26N4O/c1-10(16(2)11-6-7-11)9-14-8-4-3-5-12(13)15-17/h10-11,14,17H,3-9H2,1-2H3,(H2,13,15). The third-order valence-corrected chi connectivity index (χ3v) is 3.42. The third-order valence-electron chi connectivity index (χ3n) is 3.42. The minimum absolute atomic E-state index is 0.326. The van der Waals surface area contributed by atoms with Crippen LogP contribution in [0.4, 0.5) is 0 Å². The summed E-state index contributed by atoms with van der Waals surface area (Å²) in [5, 5.41) is 14.8. The first-order valence-corrected chi connectivity index (χ1v) is 6.54. The van der Waals surface area contributed by atoms with Crippen LogP contribution in [-0.2, 0) is 0 Å². The number of nitrogens with two attached hydrogens (primary N) is 1. The van der Waals surface area contributed by atoms with Crippen molar-refractivity contribution in [2.24, 2.45) is 10.9 Å². The van der Waals surface area contributed by atoms with Gasteiger partial charge in [0.15, 0.2) is 0 Å². The predicted molar refractivity (Wildman–Crippen MR) is 70.4 cm³/mol. The molecule has 5 heteroatoms. The number of oxime groups is 1. The quantitative estimate of drug-likeness (QED) is 0.185. The van der Waals surface area contributed by atoms with Gasteiger partial charge in [0.05, 0.1) is 0 Å². The van der Waals surface area contributed by atoms with Crippen LogP contribution in [0, 0.1) is 0 Å². The Kier molecular flexibility index (Phi) is 6.29. The van der Waals surface area contributed by atoms with Gasteiger partial charge in [0.1, 0.15) is 5.84 Å². The highest BCUT2D eigenvalue weighted by atomic mass is 16.4. The molecular weight excluding hydrogens is 216 g/mol. The lowest BCUT2D eigenvalue weighted by Crippen LogP contribution is -2.39. The Balaban J connectivity index is 1.92. The fraction of sp³-hybridized carbons (Fsp3) is 0.917. The number of likely N-dealkylation sites (N-methyl/N-ethyl adjacent to an activating group) is 1. The molecule has 1 aliphatic rings. The number of nitrogens with one attached hydrogen (secondary N) is 1. The SMILES string of the molecule is CC(CNCCCCC(N)=NO)N(C)C1CC1. The second kappa shape index (κ2) is 7.50. The molecule has 1 saturated carbocycles. The van der Waals surface area contributed by atoms with Gasteiger partial charge in [0, 0.05) is 25.0 Å². The van der Waals surface area contributed by atoms with Gasteiger partial charge in [-0.3, -0.25) is 4.90 Å². The van der Waals surface area contributed by atoms with Crippen molar-refractivity contribution in [1.82, 2.24) is 10.2 Å². The van der Waals surface area contributed by atoms with E-state index < -0.39 is 0 Å². The van der Waals surface area contributed by atoms with E-state index in [1.165, 1.54) is 12.8 Å². The van der Waals surface area contributed by atoms with Crippen LogP contribution in [0.5, 0.6) is 0 Å². The fourth-order valence-corrected chi connectivity index (χ4v) is 1.90. The van der Waals surface area contributed by atoms with Crippen molar-refractivity contribution in [2.75, 3.05) is 20.1 Å². The lowest BCUT2D eigenvalue weighted by atomic mass is 10.2. The maximum absolute atomic E-state index is 8.37. The summed E-state index contributed by atoms with van der Waals surface area (Å²) in [4.78, 5) is 2.46. The minimum atomic E-state index is 0.326. The molecular formula is C12H26N4O. The second-order valence-corrected chi connectivity index (χ2v) is 5.00. The number of rotatable bonds is 9. The first-order valence-electron chi connectivity index (χ1n) is 6.54. The van der Waals surface area contributed by atoms with Gasteiger partial charge in [-0.25, -0.2) is 0 Å². The number of nitrogens with zero attached hydrogens (tertiary/aromatic N) is 2. The molecule has 1 aliphatic carbocycles. The Bertz CT molecular complexity index is 241. The van der Waals surface area contributed by atoms with Gasteiger partial charge in [0.25, 0.3) is 0 Å². The largest absolute Gasteiger partial charge is 0.409 e. The minimum Gasteiger partial charge on any atom is -0.409 e. The van der Waals surface area contributed by atoms with Crippen LogP contribution < -0.4 is 11.1 Å². The van der Waals surface area contributed by atoms with Gasteiger partial charge in [0.2, 0.25) is 0 Å². The molecule has 0 aromatic carbocycles. The van der Waals surface area contributed by atoms with Crippen molar-refractivity contribution in [2.45, 2.75) is 51.1 Å². The summed E-state index contributed by atoms with van der Waals surface area (Å²) in [5.41, 5.74) is 5.39. The number of amidine groups is 1. The summed E-state index contributed by atoms with van der Waals surface area (Å²) in [6, 6.07) is 1.43. The molecule has 0 aliphatic heterocycles. The van der Waals surface area contributed by atoms with Gasteiger partial charge in [-0.2, -0.15) is 0 Å². The van der Waals surface area contributed by atoms with Crippen LogP contribution in [0.3, 0.4) is 0 Å². The highest BCUT2D eigenvalue weighted by Gasteiger charge is 2.28. The molecule has 4 N–H and O–H groups in total. The predicted octanol–water partition coefficient (Wildman–Crippen LogP) is 0.975. The average molecular weight is 242 g/mol. The van der Waals surface area contributed by atoms with Gasteiger partial charge in [-0.1, -0.05) is 5.16 Å². The fourth-order valence-electron chi connectivity index (χ4n) is 1.90. The van der Waals surface area contributed by atoms with Crippen molar-refractivity contribution < 1.29 is 5.21 Å².